The van der Waals surface area contributed by atoms with Crippen LogP contribution in [-0.4, -0.2) is 96.9 Å². The van der Waals surface area contributed by atoms with E-state index in [2.05, 4.69) is 6.07 Å². The largest absolute Gasteiger partial charge is 0.447 e. The molecule has 14 heteroatoms. The Balaban J connectivity index is 1.14. The van der Waals surface area contributed by atoms with Gasteiger partial charge in [-0.1, -0.05) is 42.5 Å². The van der Waals surface area contributed by atoms with Crippen LogP contribution in [0.3, 0.4) is 0 Å². The predicted octanol–water partition coefficient (Wildman–Crippen LogP) is 3.81. The molecule has 2 fully saturated rings. The zero-order valence-corrected chi connectivity index (χ0v) is 27.8. The van der Waals surface area contributed by atoms with Crippen LogP contribution >= 0.6 is 0 Å². The van der Waals surface area contributed by atoms with Crippen molar-refractivity contribution in [3.63, 3.8) is 0 Å². The molecule has 0 radical (unpaired) electrons. The summed E-state index contributed by atoms with van der Waals surface area (Å²) in [6, 6.07) is 16.5. The molecule has 0 aliphatic carbocycles. The third kappa shape index (κ3) is 7.98. The molecule has 2 aromatic rings. The lowest BCUT2D eigenvalue weighted by molar-refractivity contribution is -0.141. The first-order valence-electron chi connectivity index (χ1n) is 16.1. The highest BCUT2D eigenvalue weighted by Gasteiger charge is 2.47. The van der Waals surface area contributed by atoms with E-state index in [0.717, 1.165) is 28.7 Å². The Kier molecular flexibility index (Phi) is 11.0. The first kappa shape index (κ1) is 34.9. The number of piperidine rings is 1. The molecule has 0 spiro atoms. The molecule has 5 rings (SSSR count). The first-order chi connectivity index (χ1) is 23.0. The highest BCUT2D eigenvalue weighted by molar-refractivity contribution is 7.89. The number of sulfonamides is 1. The minimum absolute atomic E-state index is 0.00839. The molecule has 2 N–H and O–H groups in total. The van der Waals surface area contributed by atoms with E-state index in [1.54, 1.807) is 22.5 Å². The van der Waals surface area contributed by atoms with E-state index in [0.29, 0.717) is 24.9 Å². The summed E-state index contributed by atoms with van der Waals surface area (Å²) in [7, 11) is -3.93. The molecule has 256 valence electrons. The summed E-state index contributed by atoms with van der Waals surface area (Å²) in [5, 5.41) is 18.7. The maximum Gasteiger partial charge on any atom is 0.410 e. The topological polar surface area (TPSA) is 170 Å². The van der Waals surface area contributed by atoms with E-state index in [1.807, 2.05) is 49.4 Å². The predicted molar refractivity (Wildman–Crippen MR) is 175 cm³/mol. The summed E-state index contributed by atoms with van der Waals surface area (Å²) in [6.07, 6.45) is 2.65. The van der Waals surface area contributed by atoms with Crippen LogP contribution in [0.4, 0.5) is 9.59 Å². The Hall–Kier alpha value is -4.45. The summed E-state index contributed by atoms with van der Waals surface area (Å²) in [5.74, 6) is -1.33. The van der Waals surface area contributed by atoms with Crippen molar-refractivity contribution in [3.05, 3.63) is 76.9 Å². The van der Waals surface area contributed by atoms with Gasteiger partial charge < -0.3 is 19.3 Å². The Bertz CT molecular complexity index is 1680. The van der Waals surface area contributed by atoms with Crippen LogP contribution < -0.4 is 5.48 Å². The maximum absolute atomic E-state index is 13.6. The number of nitrogens with zero attached hydrogens (tertiary/aromatic N) is 4. The minimum Gasteiger partial charge on any atom is -0.447 e. The van der Waals surface area contributed by atoms with Crippen molar-refractivity contribution in [1.29, 1.82) is 5.26 Å². The number of rotatable bonds is 9. The van der Waals surface area contributed by atoms with E-state index in [9.17, 15) is 28.0 Å². The smallest absolute Gasteiger partial charge is 0.410 e. The Morgan fingerprint density at radius 2 is 1.79 bits per heavy atom. The molecular formula is C34H41N5O8S. The number of aryl methyl sites for hydroxylation is 1. The fraction of sp³-hybridized carbons (Fsp3) is 0.471. The van der Waals surface area contributed by atoms with Gasteiger partial charge in [0.1, 0.15) is 13.2 Å². The summed E-state index contributed by atoms with van der Waals surface area (Å²) in [6.45, 7) is 2.99. The summed E-state index contributed by atoms with van der Waals surface area (Å²) < 4.78 is 39.6. The van der Waals surface area contributed by atoms with Crippen molar-refractivity contribution in [2.45, 2.75) is 51.7 Å². The van der Waals surface area contributed by atoms with Gasteiger partial charge in [0, 0.05) is 32.7 Å². The Morgan fingerprint density at radius 1 is 1.04 bits per heavy atom. The Labute approximate surface area is 280 Å². The molecule has 3 amide bonds. The lowest BCUT2D eigenvalue weighted by atomic mass is 9.79. The van der Waals surface area contributed by atoms with Gasteiger partial charge in [0.2, 0.25) is 10.0 Å². The van der Waals surface area contributed by atoms with Crippen molar-refractivity contribution in [1.82, 2.24) is 19.6 Å². The van der Waals surface area contributed by atoms with Gasteiger partial charge >= 0.3 is 12.2 Å². The second-order valence-corrected chi connectivity index (χ2v) is 14.5. The van der Waals surface area contributed by atoms with Crippen LogP contribution in [0.25, 0.3) is 5.57 Å². The van der Waals surface area contributed by atoms with Crippen LogP contribution in [0, 0.1) is 23.7 Å². The van der Waals surface area contributed by atoms with Crippen LogP contribution in [0.1, 0.15) is 54.4 Å². The maximum atomic E-state index is 13.6. The minimum atomic E-state index is -3.93. The van der Waals surface area contributed by atoms with Crippen molar-refractivity contribution < 1.29 is 37.5 Å². The molecule has 2 saturated heterocycles. The zero-order chi connectivity index (χ0) is 34.3. The van der Waals surface area contributed by atoms with Gasteiger partial charge in [-0.25, -0.2) is 23.5 Å². The highest BCUT2D eigenvalue weighted by atomic mass is 32.2. The van der Waals surface area contributed by atoms with Crippen LogP contribution in [0.15, 0.2) is 54.6 Å². The number of likely N-dealkylation sites (tertiary alicyclic amines) is 2. The molecule has 1 atom stereocenters. The summed E-state index contributed by atoms with van der Waals surface area (Å²) in [5.41, 5.74) is 4.52. The molecule has 3 aliphatic rings. The van der Waals surface area contributed by atoms with Gasteiger partial charge in [-0.15, -0.1) is 0 Å². The number of hydroxylamine groups is 1. The van der Waals surface area contributed by atoms with Crippen LogP contribution in [0.2, 0.25) is 0 Å². The SMILES string of the molecule is Cc1cc(C#N)ccc1C1=CCN(S(=O)(=O)CC2(C(=O)NO)CCN(C(=O)OCC3CCCN3C(=O)OCc3ccccc3)CC2)CC1. The summed E-state index contributed by atoms with van der Waals surface area (Å²) in [4.78, 5) is 41.6. The number of amides is 3. The van der Waals surface area contributed by atoms with Gasteiger partial charge in [0.05, 0.1) is 28.8 Å². The van der Waals surface area contributed by atoms with Crippen LogP contribution in [0.5, 0.6) is 0 Å². The van der Waals surface area contributed by atoms with Crippen molar-refractivity contribution in [3.8, 4) is 6.07 Å². The highest BCUT2D eigenvalue weighted by Crippen LogP contribution is 2.36. The van der Waals surface area contributed by atoms with Gasteiger partial charge in [-0.05, 0) is 73.4 Å². The van der Waals surface area contributed by atoms with Gasteiger partial charge in [-0.2, -0.15) is 9.57 Å². The fourth-order valence-corrected chi connectivity index (χ4v) is 8.64. The molecule has 3 aliphatic heterocycles. The average Bonchev–Trinajstić information content (AvgIpc) is 3.58. The standard InChI is InChI=1S/C34H41N5O8S/c1-25-20-27(21-35)9-10-30(25)28-11-16-38(17-12-28)48(44,45)24-34(31(40)36-43)13-18-37(19-14-34)32(41)47-23-29-8-5-15-39(29)33(42)46-22-26-6-3-2-4-7-26/h2-4,6-7,9-11,20,29,43H,5,8,12-19,22-24H2,1H3,(H,36,40). The number of hydrogen-bond acceptors (Lipinski definition) is 9. The molecular weight excluding hydrogens is 638 g/mol. The monoisotopic (exact) mass is 679 g/mol. The van der Waals surface area contributed by atoms with E-state index in [4.69, 9.17) is 14.7 Å². The second kappa shape index (κ2) is 15.2. The van der Waals surface area contributed by atoms with E-state index >= 15 is 0 Å². The van der Waals surface area contributed by atoms with Gasteiger partial charge in [-0.3, -0.25) is 10.0 Å². The molecule has 48 heavy (non-hydrogen) atoms. The fourth-order valence-electron chi connectivity index (χ4n) is 6.66. The molecule has 0 bridgehead atoms. The van der Waals surface area contributed by atoms with E-state index in [1.165, 1.54) is 9.21 Å². The molecule has 3 heterocycles. The lowest BCUT2D eigenvalue weighted by Crippen LogP contribution is -2.54. The number of carbonyl (C=O) groups is 3. The van der Waals surface area contributed by atoms with Crippen molar-refractivity contribution in [2.75, 3.05) is 45.1 Å². The van der Waals surface area contributed by atoms with Gasteiger partial charge in [0.15, 0.2) is 0 Å². The third-order valence-corrected chi connectivity index (χ3v) is 11.5. The number of nitriles is 1. The molecule has 1 unspecified atom stereocenters. The van der Waals surface area contributed by atoms with Crippen LogP contribution in [-0.2, 0) is 30.9 Å². The summed E-state index contributed by atoms with van der Waals surface area (Å²) >= 11 is 0. The number of nitrogens with one attached hydrogen (secondary N) is 1. The lowest BCUT2D eigenvalue weighted by Gasteiger charge is -2.40. The molecule has 0 aromatic heterocycles. The van der Waals surface area contributed by atoms with Crippen molar-refractivity contribution in [2.24, 2.45) is 5.41 Å². The molecule has 0 saturated carbocycles. The normalized spacial score (nSPS) is 19.6. The van der Waals surface area contributed by atoms with Crippen molar-refractivity contribution >= 4 is 33.7 Å². The quantitative estimate of drug-likeness (QED) is 0.296. The second-order valence-electron chi connectivity index (χ2n) is 12.5. The van der Waals surface area contributed by atoms with E-state index < -0.39 is 39.3 Å². The molecule has 13 nitrogen and oxygen atoms in total. The average molecular weight is 680 g/mol. The first-order valence-corrected chi connectivity index (χ1v) is 17.7. The number of hydrogen-bond donors (Lipinski definition) is 2. The zero-order valence-electron chi connectivity index (χ0n) is 27.0. The number of benzene rings is 2. The van der Waals surface area contributed by atoms with E-state index in [-0.39, 0.29) is 58.3 Å². The number of ether oxygens (including phenoxy) is 2. The Morgan fingerprint density at radius 3 is 2.44 bits per heavy atom. The molecule has 2 aromatic carbocycles. The number of carbonyl (C=O) groups excluding carboxylic acids is 3. The third-order valence-electron chi connectivity index (χ3n) is 9.50. The van der Waals surface area contributed by atoms with Gasteiger partial charge in [0.25, 0.3) is 5.91 Å².